The minimum absolute atomic E-state index is 0.0864. The number of amides is 2. The van der Waals surface area contributed by atoms with E-state index in [9.17, 15) is 19.5 Å². The quantitative estimate of drug-likeness (QED) is 0.428. The average molecular weight is 522 g/mol. The Hall–Kier alpha value is -2.68. The van der Waals surface area contributed by atoms with E-state index in [0.717, 1.165) is 0 Å². The number of rotatable bonds is 6. The molecule has 4 rings (SSSR count). The molecule has 2 aromatic rings. The molecule has 186 valence electrons. The van der Waals surface area contributed by atoms with E-state index in [-0.39, 0.29) is 22.4 Å². The predicted molar refractivity (Wildman–Crippen MR) is 131 cm³/mol. The van der Waals surface area contributed by atoms with Gasteiger partial charge in [0.25, 0.3) is 0 Å². The number of halogens is 3. The summed E-state index contributed by atoms with van der Waals surface area (Å²) in [6.45, 7) is 6.00. The van der Waals surface area contributed by atoms with Gasteiger partial charge in [0, 0.05) is 28.7 Å². The summed E-state index contributed by atoms with van der Waals surface area (Å²) in [5.41, 5.74) is -0.546. The minimum atomic E-state index is -1.44. The number of hydrogen-bond donors (Lipinski definition) is 4. The van der Waals surface area contributed by atoms with Gasteiger partial charge in [-0.3, -0.25) is 9.59 Å². The summed E-state index contributed by atoms with van der Waals surface area (Å²) < 4.78 is 15.6. The lowest BCUT2D eigenvalue weighted by atomic mass is 9.62. The van der Waals surface area contributed by atoms with Gasteiger partial charge in [0.1, 0.15) is 17.3 Å². The second-order valence-electron chi connectivity index (χ2n) is 10.2. The Bertz CT molecular complexity index is 1200. The van der Waals surface area contributed by atoms with Crippen molar-refractivity contribution in [2.24, 2.45) is 5.41 Å². The first-order chi connectivity index (χ1) is 16.4. The van der Waals surface area contributed by atoms with Crippen LogP contribution in [0.1, 0.15) is 44.2 Å². The molecule has 1 spiro atoms. The van der Waals surface area contributed by atoms with E-state index in [4.69, 9.17) is 23.2 Å². The van der Waals surface area contributed by atoms with Crippen LogP contribution >= 0.6 is 23.2 Å². The van der Waals surface area contributed by atoms with E-state index in [0.29, 0.717) is 22.7 Å². The van der Waals surface area contributed by atoms with Crippen LogP contribution in [0.25, 0.3) is 0 Å². The fourth-order valence-corrected chi connectivity index (χ4v) is 6.02. The van der Waals surface area contributed by atoms with Crippen molar-refractivity contribution in [3.05, 3.63) is 63.4 Å². The third-order valence-electron chi connectivity index (χ3n) is 6.85. The van der Waals surface area contributed by atoms with Crippen LogP contribution in [0.15, 0.2) is 36.4 Å². The third-order valence-corrected chi connectivity index (χ3v) is 7.38. The number of carboxylic acids is 1. The maximum absolute atomic E-state index is 15.6. The van der Waals surface area contributed by atoms with Gasteiger partial charge in [-0.2, -0.15) is 0 Å². The number of nitrogens with one attached hydrogen (secondary N) is 3. The maximum atomic E-state index is 15.6. The molecule has 1 saturated heterocycles. The molecule has 5 atom stereocenters. The number of carbonyl (C=O) groups is 3. The number of carboxylic acid groups (broad SMARTS) is 1. The largest absolute Gasteiger partial charge is 0.480 e. The fraction of sp³-hybridized carbons (Fsp3) is 0.400. The number of fused-ring (bicyclic) bond motifs is 2. The Kier molecular flexibility index (Phi) is 6.59. The summed E-state index contributed by atoms with van der Waals surface area (Å²) >= 11 is 12.3. The molecule has 2 aliphatic rings. The molecule has 2 aliphatic heterocycles. The highest BCUT2D eigenvalue weighted by molar-refractivity contribution is 6.31. The Morgan fingerprint density at radius 3 is 2.63 bits per heavy atom. The van der Waals surface area contributed by atoms with Crippen molar-refractivity contribution in [2.75, 3.05) is 5.32 Å². The molecule has 0 aliphatic carbocycles. The molecule has 1 unspecified atom stereocenters. The summed E-state index contributed by atoms with van der Waals surface area (Å²) in [5.74, 6) is -3.49. The van der Waals surface area contributed by atoms with E-state index in [2.05, 4.69) is 16.0 Å². The van der Waals surface area contributed by atoms with E-state index in [1.807, 2.05) is 20.8 Å². The molecular formula is C25H26Cl2FN3O4. The van der Waals surface area contributed by atoms with Crippen molar-refractivity contribution in [3.8, 4) is 0 Å². The van der Waals surface area contributed by atoms with Gasteiger partial charge in [0.05, 0.1) is 5.02 Å². The van der Waals surface area contributed by atoms with Crippen molar-refractivity contribution in [3.63, 3.8) is 0 Å². The summed E-state index contributed by atoms with van der Waals surface area (Å²) in [6.07, 6.45) is 0.739. The first-order valence-electron chi connectivity index (χ1n) is 11.2. The molecule has 7 nitrogen and oxygen atoms in total. The first kappa shape index (κ1) is 25.4. The summed E-state index contributed by atoms with van der Waals surface area (Å²) in [4.78, 5) is 37.6. The Morgan fingerprint density at radius 2 is 2.00 bits per heavy atom. The van der Waals surface area contributed by atoms with Crippen LogP contribution in [-0.4, -0.2) is 41.5 Å². The maximum Gasteiger partial charge on any atom is 0.327 e. The highest BCUT2D eigenvalue weighted by atomic mass is 35.5. The molecule has 0 bridgehead atoms. The van der Waals surface area contributed by atoms with Crippen molar-refractivity contribution >= 4 is 47.2 Å². The van der Waals surface area contributed by atoms with E-state index >= 15 is 4.39 Å². The third kappa shape index (κ3) is 4.17. The lowest BCUT2D eigenvalue weighted by Gasteiger charge is -2.38. The van der Waals surface area contributed by atoms with Gasteiger partial charge in [-0.25, -0.2) is 9.18 Å². The van der Waals surface area contributed by atoms with Gasteiger partial charge < -0.3 is 21.1 Å². The van der Waals surface area contributed by atoms with E-state index in [1.165, 1.54) is 12.1 Å². The molecule has 4 N–H and O–H groups in total. The lowest BCUT2D eigenvalue weighted by Crippen LogP contribution is -2.53. The zero-order valence-electron chi connectivity index (χ0n) is 19.4. The molecule has 0 saturated carbocycles. The number of aliphatic carboxylic acids is 1. The zero-order valence-corrected chi connectivity index (χ0v) is 20.9. The summed E-state index contributed by atoms with van der Waals surface area (Å²) in [6, 6.07) is 6.35. The SMILES string of the molecule is CC(C)(C)C[C@@H]1N[C@@H](C(NC=O)C(=O)O)[C@H](c2cccc(Cl)c2F)[C@]12C(=O)Nc1cc(Cl)ccc12. The van der Waals surface area contributed by atoms with Gasteiger partial charge in [-0.05, 0) is 41.2 Å². The Morgan fingerprint density at radius 1 is 1.29 bits per heavy atom. The van der Waals surface area contributed by atoms with Gasteiger partial charge in [-0.1, -0.05) is 62.2 Å². The molecule has 0 aromatic heterocycles. The van der Waals surface area contributed by atoms with Crippen LogP contribution in [0.4, 0.5) is 10.1 Å². The second kappa shape index (κ2) is 9.08. The summed E-state index contributed by atoms with van der Waals surface area (Å²) in [7, 11) is 0. The van der Waals surface area contributed by atoms with E-state index in [1.54, 1.807) is 24.3 Å². The minimum Gasteiger partial charge on any atom is -0.480 e. The van der Waals surface area contributed by atoms with Gasteiger partial charge in [0.2, 0.25) is 12.3 Å². The van der Waals surface area contributed by atoms with Crippen molar-refractivity contribution in [2.45, 2.75) is 56.7 Å². The van der Waals surface area contributed by atoms with Crippen LogP contribution in [0, 0.1) is 11.2 Å². The van der Waals surface area contributed by atoms with Crippen LogP contribution in [0.2, 0.25) is 10.0 Å². The van der Waals surface area contributed by atoms with Crippen molar-refractivity contribution in [1.82, 2.24) is 10.6 Å². The molecule has 2 heterocycles. The van der Waals surface area contributed by atoms with Crippen LogP contribution < -0.4 is 16.0 Å². The first-order valence-corrected chi connectivity index (χ1v) is 11.9. The van der Waals surface area contributed by atoms with Gasteiger partial charge in [-0.15, -0.1) is 0 Å². The smallest absolute Gasteiger partial charge is 0.327 e. The zero-order chi connectivity index (χ0) is 25.7. The van der Waals surface area contributed by atoms with E-state index < -0.39 is 47.2 Å². The molecule has 10 heteroatoms. The van der Waals surface area contributed by atoms with Gasteiger partial charge in [0.15, 0.2) is 0 Å². The fourth-order valence-electron chi connectivity index (χ4n) is 5.67. The molecular weight excluding hydrogens is 496 g/mol. The lowest BCUT2D eigenvalue weighted by molar-refractivity contribution is -0.141. The van der Waals surface area contributed by atoms with Crippen LogP contribution in [-0.2, 0) is 19.8 Å². The normalized spacial score (nSPS) is 26.3. The molecule has 2 amide bonds. The molecule has 2 aromatic carbocycles. The molecule has 1 fully saturated rings. The van der Waals surface area contributed by atoms with Crippen LogP contribution in [0.3, 0.4) is 0 Å². The predicted octanol–water partition coefficient (Wildman–Crippen LogP) is 4.08. The highest BCUT2D eigenvalue weighted by Crippen LogP contribution is 2.57. The second-order valence-corrected chi connectivity index (χ2v) is 11.1. The van der Waals surface area contributed by atoms with Gasteiger partial charge >= 0.3 is 5.97 Å². The molecule has 0 radical (unpaired) electrons. The number of anilines is 1. The number of hydrogen-bond acceptors (Lipinski definition) is 4. The topological polar surface area (TPSA) is 108 Å². The number of benzene rings is 2. The Labute approximate surface area is 212 Å². The van der Waals surface area contributed by atoms with Crippen molar-refractivity contribution in [1.29, 1.82) is 0 Å². The number of carbonyl (C=O) groups excluding carboxylic acids is 2. The van der Waals surface area contributed by atoms with Crippen molar-refractivity contribution < 1.29 is 23.9 Å². The summed E-state index contributed by atoms with van der Waals surface area (Å²) in [5, 5.41) is 18.8. The molecule has 35 heavy (non-hydrogen) atoms. The standard InChI is InChI=1S/C25H26Cl2FN3O4/c1-24(2,3)10-17-25(14-8-7-12(26)9-16(14)30-23(25)35)18(13-5-4-6-15(27)19(13)28)20(31-17)21(22(33)34)29-11-32/h4-9,11,17-18,20-21,31H,10H2,1-3H3,(H,29,32)(H,30,35)(H,33,34)/t17-,18-,20+,21?,25+/m0/s1. The monoisotopic (exact) mass is 521 g/mol. The average Bonchev–Trinajstić information content (AvgIpc) is 3.22. The highest BCUT2D eigenvalue weighted by Gasteiger charge is 2.66. The van der Waals surface area contributed by atoms with Crippen LogP contribution in [0.5, 0.6) is 0 Å². The Balaban J connectivity index is 2.06.